The highest BCUT2D eigenvalue weighted by Gasteiger charge is 2.29. The van der Waals surface area contributed by atoms with Crippen molar-refractivity contribution in [2.45, 2.75) is 18.8 Å². The number of benzene rings is 2. The highest BCUT2D eigenvalue weighted by Crippen LogP contribution is 2.39. The van der Waals surface area contributed by atoms with Crippen LogP contribution in [0.5, 0.6) is 5.75 Å². The second-order valence-corrected chi connectivity index (χ2v) is 7.24. The maximum Gasteiger partial charge on any atom is 0.357 e. The third-order valence-electron chi connectivity index (χ3n) is 4.94. The van der Waals surface area contributed by atoms with Gasteiger partial charge in [-0.3, -0.25) is 14.9 Å². The molecule has 1 aromatic heterocycles. The van der Waals surface area contributed by atoms with E-state index in [4.69, 9.17) is 9.47 Å². The number of non-ortho nitro benzene ring substituents is 1. The van der Waals surface area contributed by atoms with Gasteiger partial charge in [-0.25, -0.2) is 9.48 Å². The van der Waals surface area contributed by atoms with Crippen molar-refractivity contribution < 1.29 is 24.0 Å². The van der Waals surface area contributed by atoms with Crippen LogP contribution in [0.25, 0.3) is 5.69 Å². The molecule has 1 heterocycles. The normalized spacial score (nSPS) is 12.8. The van der Waals surface area contributed by atoms with Crippen molar-refractivity contribution in [3.05, 3.63) is 76.1 Å². The molecule has 0 unspecified atom stereocenters. The predicted octanol–water partition coefficient (Wildman–Crippen LogP) is 3.46. The Bertz CT molecular complexity index is 1170. The molecule has 10 heteroatoms. The summed E-state index contributed by atoms with van der Waals surface area (Å²) < 4.78 is 11.8. The number of nitrogens with one attached hydrogen (secondary N) is 1. The standard InChI is InChI=1S/C22H20N4O6/c1-31-20-11-16(26(29)30)9-10-17(20)23-21(27)13-32-22(28)19-12-18(14-7-8-14)24-25(19)15-5-3-2-4-6-15/h2-6,9-12,14H,7-8,13H2,1H3,(H,23,27). The fraction of sp³-hybridized carbons (Fsp3) is 0.227. The third-order valence-corrected chi connectivity index (χ3v) is 4.94. The highest BCUT2D eigenvalue weighted by molar-refractivity contribution is 5.96. The first-order chi connectivity index (χ1) is 15.5. The zero-order valence-electron chi connectivity index (χ0n) is 17.2. The average Bonchev–Trinajstić information content (AvgIpc) is 3.56. The van der Waals surface area contributed by atoms with Crippen LogP contribution in [0, 0.1) is 10.1 Å². The smallest absolute Gasteiger partial charge is 0.357 e. The molecule has 0 spiro atoms. The number of carbonyl (C=O) groups is 2. The van der Waals surface area contributed by atoms with Crippen molar-refractivity contribution in [3.8, 4) is 11.4 Å². The van der Waals surface area contributed by atoms with Gasteiger partial charge in [0.05, 0.1) is 35.2 Å². The van der Waals surface area contributed by atoms with Crippen LogP contribution in [-0.2, 0) is 9.53 Å². The van der Waals surface area contributed by atoms with E-state index in [1.54, 1.807) is 6.07 Å². The first-order valence-corrected chi connectivity index (χ1v) is 9.91. The number of nitro groups is 1. The number of aromatic nitrogens is 2. The Kier molecular flexibility index (Phi) is 5.84. The number of esters is 1. The molecule has 1 amide bonds. The molecule has 1 N–H and O–H groups in total. The van der Waals surface area contributed by atoms with Crippen LogP contribution in [0.3, 0.4) is 0 Å². The molecule has 164 valence electrons. The molecule has 2 aromatic carbocycles. The number of nitrogens with zero attached hydrogens (tertiary/aromatic N) is 3. The minimum Gasteiger partial charge on any atom is -0.494 e. The van der Waals surface area contributed by atoms with Gasteiger partial charge in [-0.05, 0) is 37.1 Å². The van der Waals surface area contributed by atoms with Crippen molar-refractivity contribution in [2.24, 2.45) is 0 Å². The fourth-order valence-electron chi connectivity index (χ4n) is 3.18. The molecule has 32 heavy (non-hydrogen) atoms. The Morgan fingerprint density at radius 2 is 1.94 bits per heavy atom. The summed E-state index contributed by atoms with van der Waals surface area (Å²) in [6, 6.07) is 14.7. The first-order valence-electron chi connectivity index (χ1n) is 9.91. The van der Waals surface area contributed by atoms with Gasteiger partial charge < -0.3 is 14.8 Å². The van der Waals surface area contributed by atoms with Gasteiger partial charge in [0.2, 0.25) is 0 Å². The van der Waals surface area contributed by atoms with Crippen molar-refractivity contribution in [3.63, 3.8) is 0 Å². The van der Waals surface area contributed by atoms with Gasteiger partial charge in [0, 0.05) is 12.0 Å². The number of methoxy groups -OCH3 is 1. The quantitative estimate of drug-likeness (QED) is 0.326. The number of nitro benzene ring substituents is 1. The molecule has 0 saturated heterocycles. The van der Waals surface area contributed by atoms with Crippen molar-refractivity contribution in [1.29, 1.82) is 0 Å². The zero-order chi connectivity index (χ0) is 22.7. The molecule has 0 aliphatic heterocycles. The van der Waals surface area contributed by atoms with Crippen LogP contribution in [0.1, 0.15) is 34.9 Å². The van der Waals surface area contributed by atoms with E-state index in [1.165, 1.54) is 30.0 Å². The van der Waals surface area contributed by atoms with E-state index in [0.29, 0.717) is 11.6 Å². The Morgan fingerprint density at radius 1 is 1.19 bits per heavy atom. The molecule has 0 bridgehead atoms. The lowest BCUT2D eigenvalue weighted by Gasteiger charge is -2.11. The topological polar surface area (TPSA) is 126 Å². The zero-order valence-corrected chi connectivity index (χ0v) is 17.2. The van der Waals surface area contributed by atoms with E-state index < -0.39 is 23.4 Å². The number of amides is 1. The van der Waals surface area contributed by atoms with Gasteiger partial charge in [-0.15, -0.1) is 0 Å². The molecule has 4 rings (SSSR count). The number of hydrogen-bond donors (Lipinski definition) is 1. The number of carbonyl (C=O) groups excluding carboxylic acids is 2. The van der Waals surface area contributed by atoms with E-state index in [0.717, 1.165) is 18.5 Å². The van der Waals surface area contributed by atoms with E-state index >= 15 is 0 Å². The molecule has 1 aliphatic carbocycles. The van der Waals surface area contributed by atoms with Crippen molar-refractivity contribution in [2.75, 3.05) is 19.0 Å². The Morgan fingerprint density at radius 3 is 2.59 bits per heavy atom. The predicted molar refractivity (Wildman–Crippen MR) is 114 cm³/mol. The fourth-order valence-corrected chi connectivity index (χ4v) is 3.18. The molecule has 0 atom stereocenters. The summed E-state index contributed by atoms with van der Waals surface area (Å²) in [5.41, 5.74) is 1.82. The molecule has 0 radical (unpaired) electrons. The van der Waals surface area contributed by atoms with Crippen molar-refractivity contribution in [1.82, 2.24) is 9.78 Å². The van der Waals surface area contributed by atoms with Crippen LogP contribution in [-0.4, -0.2) is 40.3 Å². The van der Waals surface area contributed by atoms with Crippen LogP contribution < -0.4 is 10.1 Å². The van der Waals surface area contributed by atoms with Crippen LogP contribution in [0.4, 0.5) is 11.4 Å². The summed E-state index contributed by atoms with van der Waals surface area (Å²) in [5.74, 6) is -0.836. The Balaban J connectivity index is 1.45. The highest BCUT2D eigenvalue weighted by atomic mass is 16.6. The summed E-state index contributed by atoms with van der Waals surface area (Å²) in [6.45, 7) is -0.544. The van der Waals surface area contributed by atoms with E-state index in [1.807, 2.05) is 30.3 Å². The van der Waals surface area contributed by atoms with Gasteiger partial charge in [0.1, 0.15) is 5.75 Å². The summed E-state index contributed by atoms with van der Waals surface area (Å²) in [5, 5.41) is 18.0. The van der Waals surface area contributed by atoms with Gasteiger partial charge in [-0.2, -0.15) is 5.10 Å². The molecule has 1 aliphatic rings. The van der Waals surface area contributed by atoms with E-state index in [-0.39, 0.29) is 22.8 Å². The average molecular weight is 436 g/mol. The van der Waals surface area contributed by atoms with Gasteiger partial charge in [0.25, 0.3) is 11.6 Å². The monoisotopic (exact) mass is 436 g/mol. The Hall–Kier alpha value is -4.21. The molecular weight excluding hydrogens is 416 g/mol. The second-order valence-electron chi connectivity index (χ2n) is 7.24. The van der Waals surface area contributed by atoms with Crippen molar-refractivity contribution >= 4 is 23.3 Å². The summed E-state index contributed by atoms with van der Waals surface area (Å²) in [4.78, 5) is 35.4. The SMILES string of the molecule is COc1cc([N+](=O)[O-])ccc1NC(=O)COC(=O)c1cc(C2CC2)nn1-c1ccccc1. The van der Waals surface area contributed by atoms with Gasteiger partial charge in [-0.1, -0.05) is 18.2 Å². The van der Waals surface area contributed by atoms with Gasteiger partial charge in [0.15, 0.2) is 12.3 Å². The van der Waals surface area contributed by atoms with E-state index in [2.05, 4.69) is 10.4 Å². The lowest BCUT2D eigenvalue weighted by atomic mass is 10.2. The number of para-hydroxylation sites is 1. The molecular formula is C22H20N4O6. The minimum atomic E-state index is -0.681. The van der Waals surface area contributed by atoms with Crippen LogP contribution in [0.2, 0.25) is 0 Å². The molecule has 1 fully saturated rings. The summed E-state index contributed by atoms with van der Waals surface area (Å²) in [6.07, 6.45) is 2.06. The van der Waals surface area contributed by atoms with Crippen LogP contribution in [0.15, 0.2) is 54.6 Å². The van der Waals surface area contributed by atoms with E-state index in [9.17, 15) is 19.7 Å². The molecule has 1 saturated carbocycles. The van der Waals surface area contributed by atoms with Crippen LogP contribution >= 0.6 is 0 Å². The van der Waals surface area contributed by atoms with Gasteiger partial charge >= 0.3 is 5.97 Å². The summed E-state index contributed by atoms with van der Waals surface area (Å²) in [7, 11) is 1.33. The lowest BCUT2D eigenvalue weighted by molar-refractivity contribution is -0.384. The summed E-state index contributed by atoms with van der Waals surface area (Å²) >= 11 is 0. The minimum absolute atomic E-state index is 0.120. The third kappa shape index (κ3) is 4.59. The maximum absolute atomic E-state index is 12.7. The lowest BCUT2D eigenvalue weighted by Crippen LogP contribution is -2.22. The first kappa shape index (κ1) is 21.0. The Labute approximate surface area is 182 Å². The maximum atomic E-state index is 12.7. The largest absolute Gasteiger partial charge is 0.494 e. The second kappa shape index (κ2) is 8.88. The number of ether oxygens (including phenoxy) is 2. The number of anilines is 1. The number of hydrogen-bond acceptors (Lipinski definition) is 7. The molecule has 3 aromatic rings. The number of rotatable bonds is 8. The molecule has 10 nitrogen and oxygen atoms in total.